The zero-order valence-corrected chi connectivity index (χ0v) is 15.4. The minimum atomic E-state index is -0.343. The van der Waals surface area contributed by atoms with E-state index < -0.39 is 0 Å². The molecular weight excluding hydrogens is 334 g/mol. The van der Waals surface area contributed by atoms with Gasteiger partial charge in [0.2, 0.25) is 11.8 Å². The van der Waals surface area contributed by atoms with Gasteiger partial charge in [-0.15, -0.1) is 11.3 Å². The maximum absolute atomic E-state index is 12.8. The molecule has 1 aromatic carbocycles. The molecular formula is C19H23N3O2S. The lowest BCUT2D eigenvalue weighted by atomic mass is 9.90. The van der Waals surface area contributed by atoms with Crippen molar-refractivity contribution in [2.24, 2.45) is 5.92 Å². The molecule has 1 aliphatic heterocycles. The van der Waals surface area contributed by atoms with Gasteiger partial charge in [0.15, 0.2) is 0 Å². The molecule has 5 nitrogen and oxygen atoms in total. The molecule has 0 aliphatic carbocycles. The molecule has 2 amide bonds. The Balaban J connectivity index is 1.74. The van der Waals surface area contributed by atoms with E-state index in [0.717, 1.165) is 22.6 Å². The van der Waals surface area contributed by atoms with E-state index in [9.17, 15) is 9.59 Å². The monoisotopic (exact) mass is 357 g/mol. The van der Waals surface area contributed by atoms with Crippen LogP contribution in [0.15, 0.2) is 35.8 Å². The molecule has 0 spiro atoms. The number of hydrogen-bond donors (Lipinski definition) is 1. The number of rotatable bonds is 6. The minimum Gasteiger partial charge on any atom is -0.355 e. The van der Waals surface area contributed by atoms with Crippen LogP contribution in [0, 0.1) is 12.8 Å². The fraction of sp³-hybridized carbons (Fsp3) is 0.421. The Hall–Kier alpha value is -2.21. The maximum atomic E-state index is 12.8. The third-order valence-corrected chi connectivity index (χ3v) is 5.58. The summed E-state index contributed by atoms with van der Waals surface area (Å²) in [5.74, 6) is -0.338. The summed E-state index contributed by atoms with van der Waals surface area (Å²) in [6.45, 7) is 5.15. The molecule has 1 saturated heterocycles. The number of aromatic nitrogens is 1. The van der Waals surface area contributed by atoms with Crippen LogP contribution >= 0.6 is 11.3 Å². The molecule has 1 fully saturated rings. The Bertz CT molecular complexity index is 745. The Morgan fingerprint density at radius 3 is 2.88 bits per heavy atom. The highest BCUT2D eigenvalue weighted by atomic mass is 32.1. The summed E-state index contributed by atoms with van der Waals surface area (Å²) in [7, 11) is 0. The van der Waals surface area contributed by atoms with Crippen molar-refractivity contribution in [3.8, 4) is 0 Å². The summed E-state index contributed by atoms with van der Waals surface area (Å²) >= 11 is 1.59. The highest BCUT2D eigenvalue weighted by molar-refractivity contribution is 7.09. The Morgan fingerprint density at radius 1 is 1.40 bits per heavy atom. The van der Waals surface area contributed by atoms with Crippen molar-refractivity contribution in [3.63, 3.8) is 0 Å². The van der Waals surface area contributed by atoms with Crippen molar-refractivity contribution in [2.75, 3.05) is 13.1 Å². The van der Waals surface area contributed by atoms with Crippen molar-refractivity contribution in [2.45, 2.75) is 32.7 Å². The van der Waals surface area contributed by atoms with Gasteiger partial charge in [-0.2, -0.15) is 0 Å². The van der Waals surface area contributed by atoms with E-state index in [4.69, 9.17) is 0 Å². The number of hydrogen-bond acceptors (Lipinski definition) is 4. The second kappa shape index (κ2) is 7.78. The maximum Gasteiger partial charge on any atom is 0.226 e. The molecule has 1 aromatic heterocycles. The zero-order chi connectivity index (χ0) is 17.8. The highest BCUT2D eigenvalue weighted by Crippen LogP contribution is 2.39. The average molecular weight is 357 g/mol. The fourth-order valence-corrected chi connectivity index (χ4v) is 4.12. The van der Waals surface area contributed by atoms with Gasteiger partial charge in [0, 0.05) is 37.5 Å². The van der Waals surface area contributed by atoms with Gasteiger partial charge < -0.3 is 10.2 Å². The van der Waals surface area contributed by atoms with Gasteiger partial charge in [0.1, 0.15) is 0 Å². The van der Waals surface area contributed by atoms with E-state index in [0.29, 0.717) is 13.1 Å². The summed E-state index contributed by atoms with van der Waals surface area (Å²) in [5, 5.41) is 5.93. The Kier molecular flexibility index (Phi) is 5.48. The number of carbonyl (C=O) groups excluding carboxylic acids is 2. The van der Waals surface area contributed by atoms with Crippen LogP contribution in [0.2, 0.25) is 0 Å². The van der Waals surface area contributed by atoms with Crippen molar-refractivity contribution < 1.29 is 9.59 Å². The van der Waals surface area contributed by atoms with Gasteiger partial charge in [0.05, 0.1) is 17.0 Å². The van der Waals surface area contributed by atoms with Gasteiger partial charge in [-0.1, -0.05) is 24.3 Å². The number of nitrogens with one attached hydrogen (secondary N) is 1. The van der Waals surface area contributed by atoms with E-state index in [2.05, 4.69) is 10.3 Å². The van der Waals surface area contributed by atoms with Crippen molar-refractivity contribution >= 4 is 23.2 Å². The predicted molar refractivity (Wildman–Crippen MR) is 98.2 cm³/mol. The summed E-state index contributed by atoms with van der Waals surface area (Å²) in [6, 6.07) is 7.82. The van der Waals surface area contributed by atoms with Gasteiger partial charge in [-0.3, -0.25) is 9.59 Å². The molecule has 1 aliphatic rings. The molecule has 1 N–H and O–H groups in total. The van der Waals surface area contributed by atoms with Crippen LogP contribution in [-0.2, 0) is 16.0 Å². The van der Waals surface area contributed by atoms with E-state index in [-0.39, 0.29) is 30.2 Å². The lowest BCUT2D eigenvalue weighted by Crippen LogP contribution is -2.36. The Labute approximate surface area is 152 Å². The van der Waals surface area contributed by atoms with Gasteiger partial charge >= 0.3 is 0 Å². The van der Waals surface area contributed by atoms with Crippen LogP contribution < -0.4 is 5.32 Å². The molecule has 0 unspecified atom stereocenters. The number of aryl methyl sites for hydroxylation is 1. The Morgan fingerprint density at radius 2 is 2.20 bits per heavy atom. The predicted octanol–water partition coefficient (Wildman–Crippen LogP) is 2.72. The van der Waals surface area contributed by atoms with Crippen molar-refractivity contribution in [1.29, 1.82) is 0 Å². The zero-order valence-electron chi connectivity index (χ0n) is 14.6. The molecule has 0 radical (unpaired) electrons. The van der Waals surface area contributed by atoms with Gasteiger partial charge in [0.25, 0.3) is 0 Å². The number of likely N-dealkylation sites (tertiary alicyclic amines) is 1. The summed E-state index contributed by atoms with van der Waals surface area (Å²) in [5.41, 5.74) is 2.18. The van der Waals surface area contributed by atoms with Crippen LogP contribution in [0.5, 0.6) is 0 Å². The molecule has 0 bridgehead atoms. The standard InChI is InChI=1S/C19H23N3O2S/c1-3-22-17(23)12-15(18(22)14-7-5-4-6-13(14)2)19(24)21-9-8-16-20-10-11-25-16/h4-7,10-11,15,18H,3,8-9,12H2,1-2H3,(H,21,24)/t15-,18+/m1/s1. The third-order valence-electron chi connectivity index (χ3n) is 4.74. The van der Waals surface area contributed by atoms with Crippen LogP contribution in [-0.4, -0.2) is 34.8 Å². The molecule has 3 rings (SSSR count). The summed E-state index contributed by atoms with van der Waals surface area (Å²) < 4.78 is 0. The second-order valence-electron chi connectivity index (χ2n) is 6.26. The highest BCUT2D eigenvalue weighted by Gasteiger charge is 2.44. The molecule has 0 saturated carbocycles. The van der Waals surface area contributed by atoms with E-state index in [1.807, 2.05) is 48.4 Å². The lowest BCUT2D eigenvalue weighted by Gasteiger charge is -2.28. The van der Waals surface area contributed by atoms with Gasteiger partial charge in [-0.05, 0) is 25.0 Å². The van der Waals surface area contributed by atoms with Gasteiger partial charge in [-0.25, -0.2) is 4.98 Å². The van der Waals surface area contributed by atoms with Crippen LogP contribution in [0.4, 0.5) is 0 Å². The first-order valence-electron chi connectivity index (χ1n) is 8.63. The van der Waals surface area contributed by atoms with Crippen LogP contribution in [0.25, 0.3) is 0 Å². The summed E-state index contributed by atoms with van der Waals surface area (Å²) in [6.07, 6.45) is 2.76. The van der Waals surface area contributed by atoms with E-state index in [1.165, 1.54) is 0 Å². The molecule has 132 valence electrons. The number of thiazole rings is 1. The molecule has 2 heterocycles. The van der Waals surface area contributed by atoms with Crippen LogP contribution in [0.3, 0.4) is 0 Å². The van der Waals surface area contributed by atoms with Crippen LogP contribution in [0.1, 0.15) is 35.5 Å². The van der Waals surface area contributed by atoms with E-state index in [1.54, 1.807) is 17.5 Å². The second-order valence-corrected chi connectivity index (χ2v) is 7.24. The first-order valence-corrected chi connectivity index (χ1v) is 9.50. The third kappa shape index (κ3) is 3.74. The lowest BCUT2D eigenvalue weighted by molar-refractivity contribution is -0.129. The number of carbonyl (C=O) groups is 2. The number of benzene rings is 1. The van der Waals surface area contributed by atoms with E-state index >= 15 is 0 Å². The van der Waals surface area contributed by atoms with Crippen molar-refractivity contribution in [3.05, 3.63) is 52.0 Å². The summed E-state index contributed by atoms with van der Waals surface area (Å²) in [4.78, 5) is 31.2. The fourth-order valence-electron chi connectivity index (χ4n) is 3.50. The normalized spacial score (nSPS) is 20.1. The SMILES string of the molecule is CCN1C(=O)C[C@@H](C(=O)NCCc2nccs2)[C@@H]1c1ccccc1C. The quantitative estimate of drug-likeness (QED) is 0.865. The first-order chi connectivity index (χ1) is 12.1. The number of nitrogens with zero attached hydrogens (tertiary/aromatic N) is 2. The minimum absolute atomic E-state index is 0.0471. The molecule has 2 aromatic rings. The molecule has 25 heavy (non-hydrogen) atoms. The van der Waals surface area contributed by atoms with Crippen molar-refractivity contribution in [1.82, 2.24) is 15.2 Å². The largest absolute Gasteiger partial charge is 0.355 e. The first kappa shape index (κ1) is 17.6. The average Bonchev–Trinajstić information content (AvgIpc) is 3.22. The smallest absolute Gasteiger partial charge is 0.226 e. The topological polar surface area (TPSA) is 62.3 Å². The number of amides is 2. The molecule has 2 atom stereocenters. The molecule has 6 heteroatoms.